The molecule has 0 saturated heterocycles. The number of carbonyl (C=O) groups is 2. The highest BCUT2D eigenvalue weighted by Crippen LogP contribution is 2.32. The molecule has 1 atom stereocenters. The first-order valence-electron chi connectivity index (χ1n) is 7.29. The molecule has 1 aliphatic carbocycles. The summed E-state index contributed by atoms with van der Waals surface area (Å²) in [5.41, 5.74) is 2.38. The first-order valence-corrected chi connectivity index (χ1v) is 7.29. The maximum Gasteiger partial charge on any atom is 0.222 e. The number of benzene rings is 1. The van der Waals surface area contributed by atoms with Gasteiger partial charge in [0, 0.05) is 19.5 Å². The van der Waals surface area contributed by atoms with Crippen LogP contribution in [0.5, 0.6) is 0 Å². The molecule has 2 amide bonds. The fraction of sp³-hybridized carbons (Fsp3) is 0.500. The average molecular weight is 272 g/mol. The first kappa shape index (κ1) is 13.2. The monoisotopic (exact) mass is 272 g/mol. The summed E-state index contributed by atoms with van der Waals surface area (Å²) < 4.78 is 0. The number of hydrogen-bond acceptors (Lipinski definition) is 2. The van der Waals surface area contributed by atoms with Crippen LogP contribution in [0.1, 0.15) is 43.4 Å². The van der Waals surface area contributed by atoms with Gasteiger partial charge in [-0.05, 0) is 30.4 Å². The van der Waals surface area contributed by atoms with Crippen molar-refractivity contribution in [2.45, 2.75) is 44.7 Å². The quantitative estimate of drug-likeness (QED) is 0.912. The molecule has 1 aromatic carbocycles. The van der Waals surface area contributed by atoms with Gasteiger partial charge >= 0.3 is 0 Å². The summed E-state index contributed by atoms with van der Waals surface area (Å²) in [6.07, 6.45) is 3.41. The van der Waals surface area contributed by atoms with Crippen molar-refractivity contribution in [2.24, 2.45) is 0 Å². The van der Waals surface area contributed by atoms with Gasteiger partial charge in [-0.15, -0.1) is 0 Å². The first-order chi connectivity index (χ1) is 9.65. The van der Waals surface area contributed by atoms with Crippen molar-refractivity contribution < 1.29 is 9.59 Å². The number of amides is 2. The van der Waals surface area contributed by atoms with Crippen LogP contribution in [0.2, 0.25) is 0 Å². The number of nitrogens with zero attached hydrogens (tertiary/aromatic N) is 1. The lowest BCUT2D eigenvalue weighted by atomic mass is 9.90. The average Bonchev–Trinajstić information content (AvgIpc) is 3.22. The highest BCUT2D eigenvalue weighted by atomic mass is 16.2. The molecule has 20 heavy (non-hydrogen) atoms. The highest BCUT2D eigenvalue weighted by Gasteiger charge is 2.32. The topological polar surface area (TPSA) is 49.4 Å². The van der Waals surface area contributed by atoms with Crippen molar-refractivity contribution in [3.8, 4) is 0 Å². The summed E-state index contributed by atoms with van der Waals surface area (Å²) >= 11 is 0. The minimum Gasteiger partial charge on any atom is -0.353 e. The molecule has 1 N–H and O–H groups in total. The van der Waals surface area contributed by atoms with Crippen molar-refractivity contribution in [1.82, 2.24) is 10.2 Å². The van der Waals surface area contributed by atoms with Crippen LogP contribution in [-0.4, -0.2) is 29.3 Å². The molecule has 0 spiro atoms. The van der Waals surface area contributed by atoms with Gasteiger partial charge in [0.05, 0.1) is 12.5 Å². The van der Waals surface area contributed by atoms with E-state index in [0.29, 0.717) is 19.0 Å². The molecular formula is C16H20N2O2. The van der Waals surface area contributed by atoms with Crippen molar-refractivity contribution in [3.63, 3.8) is 0 Å². The molecule has 106 valence electrons. The fourth-order valence-corrected chi connectivity index (χ4v) is 2.94. The van der Waals surface area contributed by atoms with Gasteiger partial charge in [-0.1, -0.05) is 24.3 Å². The standard InChI is InChI=1S/C16H20N2O2/c1-11(19)18-9-8-12-4-2-3-5-14(12)15(18)10-16(20)17-13-6-7-13/h2-5,13,15H,6-10H2,1H3,(H,17,20). The Morgan fingerprint density at radius 3 is 2.75 bits per heavy atom. The zero-order valence-corrected chi connectivity index (χ0v) is 11.8. The predicted octanol–water partition coefficient (Wildman–Crippen LogP) is 1.80. The molecule has 1 heterocycles. The van der Waals surface area contributed by atoms with Gasteiger partial charge in [-0.3, -0.25) is 9.59 Å². The van der Waals surface area contributed by atoms with Crippen LogP contribution in [0.4, 0.5) is 0 Å². The molecule has 0 aromatic heterocycles. The molecular weight excluding hydrogens is 252 g/mol. The van der Waals surface area contributed by atoms with Gasteiger partial charge in [-0.25, -0.2) is 0 Å². The van der Waals surface area contributed by atoms with E-state index < -0.39 is 0 Å². The van der Waals surface area contributed by atoms with Crippen molar-refractivity contribution in [3.05, 3.63) is 35.4 Å². The maximum absolute atomic E-state index is 12.1. The summed E-state index contributed by atoms with van der Waals surface area (Å²) in [4.78, 5) is 25.7. The maximum atomic E-state index is 12.1. The lowest BCUT2D eigenvalue weighted by Gasteiger charge is -2.36. The second-order valence-corrected chi connectivity index (χ2v) is 5.72. The molecule has 0 bridgehead atoms. The van der Waals surface area contributed by atoms with E-state index in [2.05, 4.69) is 11.4 Å². The second kappa shape index (κ2) is 5.27. The van der Waals surface area contributed by atoms with Crippen LogP contribution in [0.3, 0.4) is 0 Å². The molecule has 4 nitrogen and oxygen atoms in total. The van der Waals surface area contributed by atoms with Crippen LogP contribution in [0.15, 0.2) is 24.3 Å². The minimum atomic E-state index is -0.115. The van der Waals surface area contributed by atoms with Gasteiger partial charge < -0.3 is 10.2 Å². The molecule has 4 heteroatoms. The van der Waals surface area contributed by atoms with Gasteiger partial charge in [0.2, 0.25) is 11.8 Å². The minimum absolute atomic E-state index is 0.0451. The van der Waals surface area contributed by atoms with E-state index in [1.807, 2.05) is 23.1 Å². The summed E-state index contributed by atoms with van der Waals surface area (Å²) in [5.74, 6) is 0.101. The van der Waals surface area contributed by atoms with Gasteiger partial charge in [-0.2, -0.15) is 0 Å². The molecule has 1 unspecified atom stereocenters. The molecule has 0 radical (unpaired) electrons. The summed E-state index contributed by atoms with van der Waals surface area (Å²) in [6.45, 7) is 2.29. The third-order valence-corrected chi connectivity index (χ3v) is 4.14. The van der Waals surface area contributed by atoms with E-state index in [-0.39, 0.29) is 17.9 Å². The number of fused-ring (bicyclic) bond motifs is 1. The fourth-order valence-electron chi connectivity index (χ4n) is 2.94. The third kappa shape index (κ3) is 2.69. The SMILES string of the molecule is CC(=O)N1CCc2ccccc2C1CC(=O)NC1CC1. The molecule has 1 saturated carbocycles. The largest absolute Gasteiger partial charge is 0.353 e. The Morgan fingerprint density at radius 1 is 1.30 bits per heavy atom. The normalized spacial score (nSPS) is 21.2. The lowest BCUT2D eigenvalue weighted by Crippen LogP contribution is -2.41. The Labute approximate surface area is 119 Å². The van der Waals surface area contributed by atoms with Gasteiger partial charge in [0.25, 0.3) is 0 Å². The summed E-state index contributed by atoms with van der Waals surface area (Å²) in [7, 11) is 0. The zero-order chi connectivity index (χ0) is 14.1. The lowest BCUT2D eigenvalue weighted by molar-refractivity contribution is -0.133. The Bertz CT molecular complexity index is 537. The predicted molar refractivity (Wildman–Crippen MR) is 76.1 cm³/mol. The van der Waals surface area contributed by atoms with E-state index >= 15 is 0 Å². The smallest absolute Gasteiger partial charge is 0.222 e. The summed E-state index contributed by atoms with van der Waals surface area (Å²) in [6, 6.07) is 8.39. The van der Waals surface area contributed by atoms with Crippen LogP contribution in [-0.2, 0) is 16.0 Å². The van der Waals surface area contributed by atoms with Crippen LogP contribution < -0.4 is 5.32 Å². The van der Waals surface area contributed by atoms with Crippen LogP contribution in [0, 0.1) is 0 Å². The number of rotatable bonds is 3. The Morgan fingerprint density at radius 2 is 2.05 bits per heavy atom. The number of nitrogens with one attached hydrogen (secondary N) is 1. The molecule has 2 aliphatic rings. The summed E-state index contributed by atoms with van der Waals surface area (Å²) in [5, 5.41) is 3.01. The zero-order valence-electron chi connectivity index (χ0n) is 11.8. The van der Waals surface area contributed by atoms with Crippen LogP contribution in [0.25, 0.3) is 0 Å². The highest BCUT2D eigenvalue weighted by molar-refractivity contribution is 5.80. The van der Waals surface area contributed by atoms with E-state index in [9.17, 15) is 9.59 Å². The van der Waals surface area contributed by atoms with Gasteiger partial charge in [0.15, 0.2) is 0 Å². The molecule has 3 rings (SSSR count). The van der Waals surface area contributed by atoms with Crippen molar-refractivity contribution in [2.75, 3.05) is 6.54 Å². The molecule has 1 fully saturated rings. The van der Waals surface area contributed by atoms with Crippen molar-refractivity contribution in [1.29, 1.82) is 0 Å². The van der Waals surface area contributed by atoms with E-state index in [0.717, 1.165) is 24.8 Å². The Kier molecular flexibility index (Phi) is 3.47. The Hall–Kier alpha value is -1.84. The third-order valence-electron chi connectivity index (χ3n) is 4.14. The number of carbonyl (C=O) groups excluding carboxylic acids is 2. The number of hydrogen-bond donors (Lipinski definition) is 1. The van der Waals surface area contributed by atoms with Crippen molar-refractivity contribution >= 4 is 11.8 Å². The second-order valence-electron chi connectivity index (χ2n) is 5.72. The van der Waals surface area contributed by atoms with E-state index in [1.165, 1.54) is 5.56 Å². The van der Waals surface area contributed by atoms with Crippen LogP contribution >= 0.6 is 0 Å². The molecule has 1 aliphatic heterocycles. The van der Waals surface area contributed by atoms with E-state index in [1.54, 1.807) is 6.92 Å². The Balaban J connectivity index is 1.82. The van der Waals surface area contributed by atoms with E-state index in [4.69, 9.17) is 0 Å². The molecule has 1 aromatic rings. The van der Waals surface area contributed by atoms with Gasteiger partial charge in [0.1, 0.15) is 0 Å².